The molecule has 0 radical (unpaired) electrons. The molecule has 0 amide bonds. The third kappa shape index (κ3) is 1.45. The van der Waals surface area contributed by atoms with Gasteiger partial charge >= 0.3 is 0 Å². The molecule has 1 heterocycles. The normalized spacial score (nSPS) is 9.46. The van der Waals surface area contributed by atoms with Gasteiger partial charge in [-0.2, -0.15) is 0 Å². The minimum atomic E-state index is 0.318. The lowest BCUT2D eigenvalue weighted by Crippen LogP contribution is -1.76. The summed E-state index contributed by atoms with van der Waals surface area (Å²) in [6.07, 6.45) is 6.70. The molecule has 1 aromatic heterocycles. The van der Waals surface area contributed by atoms with E-state index in [0.717, 1.165) is 11.3 Å². The summed E-state index contributed by atoms with van der Waals surface area (Å²) < 4.78 is 5.02. The van der Waals surface area contributed by atoms with Gasteiger partial charge in [-0.25, -0.2) is 4.98 Å². The summed E-state index contributed by atoms with van der Waals surface area (Å²) in [5.41, 5.74) is 1.78. The number of nitrogens with zero attached hydrogens (tertiary/aromatic N) is 1. The molecule has 62 valence electrons. The highest BCUT2D eigenvalue weighted by atomic mass is 16.3. The fraction of sp³-hybridized carbons (Fsp3) is 0. The average Bonchev–Trinajstić information content (AvgIpc) is 2.67. The Balaban J connectivity index is 2.43. The smallest absolute Gasteiger partial charge is 0.273 e. The molecule has 2 aromatic rings. The van der Waals surface area contributed by atoms with E-state index >= 15 is 0 Å². The highest BCUT2D eigenvalue weighted by Gasteiger charge is 2.02. The molecule has 13 heavy (non-hydrogen) atoms. The van der Waals surface area contributed by atoms with Crippen LogP contribution >= 0.6 is 0 Å². The first-order valence-corrected chi connectivity index (χ1v) is 3.88. The molecule has 0 spiro atoms. The third-order valence-electron chi connectivity index (χ3n) is 1.70. The first-order chi connectivity index (χ1) is 6.40. The molecule has 0 N–H and O–H groups in total. The summed E-state index contributed by atoms with van der Waals surface area (Å²) in [5.74, 6) is 2.66. The zero-order valence-corrected chi connectivity index (χ0v) is 6.90. The van der Waals surface area contributed by atoms with Crippen LogP contribution in [-0.4, -0.2) is 4.98 Å². The van der Waals surface area contributed by atoms with Crippen LogP contribution in [0.1, 0.15) is 5.89 Å². The minimum absolute atomic E-state index is 0.318. The molecular weight excluding hydrogens is 162 g/mol. The number of hydrogen-bond acceptors (Lipinski definition) is 2. The Bertz CT molecular complexity index is 437. The minimum Gasteiger partial charge on any atom is -0.438 e. The van der Waals surface area contributed by atoms with Gasteiger partial charge in [-0.3, -0.25) is 0 Å². The van der Waals surface area contributed by atoms with Crippen molar-refractivity contribution in [3.8, 4) is 23.6 Å². The molecule has 0 saturated carbocycles. The van der Waals surface area contributed by atoms with E-state index < -0.39 is 0 Å². The fourth-order valence-electron chi connectivity index (χ4n) is 1.08. The maximum Gasteiger partial charge on any atom is 0.273 e. The molecule has 0 aliphatic heterocycles. The fourth-order valence-corrected chi connectivity index (χ4v) is 1.08. The quantitative estimate of drug-likeness (QED) is 0.612. The third-order valence-corrected chi connectivity index (χ3v) is 1.70. The maximum atomic E-state index is 5.13. The van der Waals surface area contributed by atoms with Crippen LogP contribution in [0, 0.1) is 12.3 Å². The van der Waals surface area contributed by atoms with Crippen LogP contribution < -0.4 is 0 Å². The second kappa shape index (κ2) is 3.16. The number of terminal acetylenes is 1. The van der Waals surface area contributed by atoms with Crippen molar-refractivity contribution in [1.82, 2.24) is 4.98 Å². The molecule has 0 atom stereocenters. The topological polar surface area (TPSA) is 26.0 Å². The van der Waals surface area contributed by atoms with E-state index in [4.69, 9.17) is 10.8 Å². The molecule has 2 rings (SSSR count). The molecule has 1 aromatic carbocycles. The molecule has 0 aliphatic rings. The Labute approximate surface area is 76.2 Å². The second-order valence-corrected chi connectivity index (χ2v) is 2.55. The number of oxazole rings is 1. The summed E-state index contributed by atoms with van der Waals surface area (Å²) >= 11 is 0. The molecule has 0 bridgehead atoms. The van der Waals surface area contributed by atoms with Gasteiger partial charge in [-0.15, -0.1) is 6.42 Å². The van der Waals surface area contributed by atoms with Gasteiger partial charge in [0, 0.05) is 5.56 Å². The monoisotopic (exact) mass is 169 g/mol. The predicted molar refractivity (Wildman–Crippen MR) is 49.9 cm³/mol. The second-order valence-electron chi connectivity index (χ2n) is 2.55. The molecule has 0 unspecified atom stereocenters. The molecule has 2 heteroatoms. The summed E-state index contributed by atoms with van der Waals surface area (Å²) in [6.45, 7) is 0. The summed E-state index contributed by atoms with van der Waals surface area (Å²) in [6, 6.07) is 9.75. The predicted octanol–water partition coefficient (Wildman–Crippen LogP) is 2.32. The van der Waals surface area contributed by atoms with Gasteiger partial charge < -0.3 is 4.42 Å². The average molecular weight is 169 g/mol. The van der Waals surface area contributed by atoms with Crippen LogP contribution in [-0.2, 0) is 0 Å². The van der Waals surface area contributed by atoms with Gasteiger partial charge in [0.15, 0.2) is 0 Å². The molecular formula is C11H7NO. The van der Waals surface area contributed by atoms with E-state index in [9.17, 15) is 0 Å². The lowest BCUT2D eigenvalue weighted by Gasteiger charge is -1.91. The van der Waals surface area contributed by atoms with Crippen LogP contribution in [0.4, 0.5) is 0 Å². The largest absolute Gasteiger partial charge is 0.438 e. The van der Waals surface area contributed by atoms with E-state index in [2.05, 4.69) is 10.9 Å². The number of hydrogen-bond donors (Lipinski definition) is 0. The standard InChI is InChI=1S/C11H7NO/c1-2-11-12-10(8-13-11)9-6-4-3-5-7-9/h1,3-8H. The molecule has 0 fully saturated rings. The van der Waals surface area contributed by atoms with E-state index in [1.165, 1.54) is 0 Å². The lowest BCUT2D eigenvalue weighted by molar-refractivity contribution is 0.544. The van der Waals surface area contributed by atoms with Gasteiger partial charge in [-0.1, -0.05) is 30.3 Å². The number of aromatic nitrogens is 1. The van der Waals surface area contributed by atoms with Crippen LogP contribution in [0.5, 0.6) is 0 Å². The van der Waals surface area contributed by atoms with E-state index in [1.54, 1.807) is 6.26 Å². The highest BCUT2D eigenvalue weighted by Crippen LogP contribution is 2.17. The Morgan fingerprint density at radius 3 is 2.62 bits per heavy atom. The molecule has 0 saturated heterocycles. The maximum absolute atomic E-state index is 5.13. The Morgan fingerprint density at radius 1 is 1.23 bits per heavy atom. The molecule has 2 nitrogen and oxygen atoms in total. The van der Waals surface area contributed by atoms with Crippen molar-refractivity contribution in [3.63, 3.8) is 0 Å². The Hall–Kier alpha value is -2.01. The van der Waals surface area contributed by atoms with Gasteiger partial charge in [0.25, 0.3) is 5.89 Å². The Kier molecular flexibility index (Phi) is 1.85. The van der Waals surface area contributed by atoms with Gasteiger partial charge in [0.05, 0.1) is 0 Å². The van der Waals surface area contributed by atoms with Gasteiger partial charge in [0.2, 0.25) is 0 Å². The zero-order chi connectivity index (χ0) is 9.10. The summed E-state index contributed by atoms with van der Waals surface area (Å²) in [4.78, 5) is 4.10. The Morgan fingerprint density at radius 2 is 2.00 bits per heavy atom. The van der Waals surface area contributed by atoms with Crippen LogP contribution in [0.15, 0.2) is 41.0 Å². The zero-order valence-electron chi connectivity index (χ0n) is 6.90. The van der Waals surface area contributed by atoms with E-state index in [1.807, 2.05) is 30.3 Å². The van der Waals surface area contributed by atoms with Crippen LogP contribution in [0.2, 0.25) is 0 Å². The number of rotatable bonds is 1. The van der Waals surface area contributed by atoms with Gasteiger partial charge in [0.1, 0.15) is 12.0 Å². The van der Waals surface area contributed by atoms with E-state index in [0.29, 0.717) is 5.89 Å². The lowest BCUT2D eigenvalue weighted by atomic mass is 10.2. The first-order valence-electron chi connectivity index (χ1n) is 3.88. The van der Waals surface area contributed by atoms with Gasteiger partial charge in [-0.05, 0) is 5.92 Å². The van der Waals surface area contributed by atoms with Crippen molar-refractivity contribution >= 4 is 0 Å². The summed E-state index contributed by atoms with van der Waals surface area (Å²) in [5, 5.41) is 0. The van der Waals surface area contributed by atoms with Crippen LogP contribution in [0.25, 0.3) is 11.3 Å². The first kappa shape index (κ1) is 7.63. The number of benzene rings is 1. The van der Waals surface area contributed by atoms with Crippen molar-refractivity contribution in [2.45, 2.75) is 0 Å². The van der Waals surface area contributed by atoms with Crippen molar-refractivity contribution in [2.24, 2.45) is 0 Å². The van der Waals surface area contributed by atoms with Crippen molar-refractivity contribution in [3.05, 3.63) is 42.5 Å². The van der Waals surface area contributed by atoms with Crippen molar-refractivity contribution < 1.29 is 4.42 Å². The van der Waals surface area contributed by atoms with E-state index in [-0.39, 0.29) is 0 Å². The van der Waals surface area contributed by atoms with Crippen molar-refractivity contribution in [2.75, 3.05) is 0 Å². The van der Waals surface area contributed by atoms with Crippen molar-refractivity contribution in [1.29, 1.82) is 0 Å². The molecule has 0 aliphatic carbocycles. The summed E-state index contributed by atoms with van der Waals surface area (Å²) in [7, 11) is 0. The SMILES string of the molecule is C#Cc1nc(-c2ccccc2)co1. The highest BCUT2D eigenvalue weighted by molar-refractivity contribution is 5.57. The van der Waals surface area contributed by atoms with Crippen LogP contribution in [0.3, 0.4) is 0 Å².